The summed E-state index contributed by atoms with van der Waals surface area (Å²) in [6.07, 6.45) is 3.35. The van der Waals surface area contributed by atoms with Crippen LogP contribution in [0.3, 0.4) is 0 Å². The Hall–Kier alpha value is -2.83. The Balaban J connectivity index is 2.34. The maximum Gasteiger partial charge on any atom is 0.339 e. The van der Waals surface area contributed by atoms with Gasteiger partial charge in [0.15, 0.2) is 0 Å². The summed E-state index contributed by atoms with van der Waals surface area (Å²) in [5, 5.41) is 0. The second-order valence-corrected chi connectivity index (χ2v) is 6.27. The van der Waals surface area contributed by atoms with Crippen LogP contribution in [0.15, 0.2) is 30.6 Å². The molecule has 144 valence electrons. The van der Waals surface area contributed by atoms with Crippen LogP contribution >= 0.6 is 0 Å². The molecule has 2 rings (SSSR count). The molecule has 0 N–H and O–H groups in total. The molecule has 0 aliphatic carbocycles. The van der Waals surface area contributed by atoms with Crippen LogP contribution in [0.5, 0.6) is 0 Å². The first-order chi connectivity index (χ1) is 12.8. The molecule has 7 heteroatoms. The second-order valence-electron chi connectivity index (χ2n) is 6.27. The van der Waals surface area contributed by atoms with Crippen molar-refractivity contribution in [3.63, 3.8) is 0 Å². The Bertz CT molecular complexity index is 855. The molecule has 0 bridgehead atoms. The molecular weight excluding hydrogens is 354 g/mol. The maximum atomic E-state index is 14.7. The Labute approximate surface area is 157 Å². The first-order valence-electron chi connectivity index (χ1n) is 8.51. The average molecular weight is 376 g/mol. The molecule has 0 fully saturated rings. The van der Waals surface area contributed by atoms with Gasteiger partial charge in [-0.1, -0.05) is 6.92 Å². The molecule has 0 aliphatic heterocycles. The van der Waals surface area contributed by atoms with Crippen LogP contribution in [0.4, 0.5) is 8.78 Å². The van der Waals surface area contributed by atoms with Crippen LogP contribution in [-0.4, -0.2) is 35.9 Å². The van der Waals surface area contributed by atoms with E-state index >= 15 is 0 Å². The number of aromatic nitrogens is 1. The number of carbonyl (C=O) groups excluding carboxylic acids is 2. The summed E-state index contributed by atoms with van der Waals surface area (Å²) < 4.78 is 33.9. The van der Waals surface area contributed by atoms with Crippen LogP contribution in [0, 0.1) is 11.6 Å². The quantitative estimate of drug-likeness (QED) is 0.722. The second kappa shape index (κ2) is 8.70. The smallest absolute Gasteiger partial charge is 0.339 e. The van der Waals surface area contributed by atoms with Crippen LogP contribution in [0.2, 0.25) is 0 Å². The lowest BCUT2D eigenvalue weighted by Gasteiger charge is -2.27. The number of benzene rings is 1. The predicted octanol–water partition coefficient (Wildman–Crippen LogP) is 3.67. The summed E-state index contributed by atoms with van der Waals surface area (Å²) in [5.74, 6) is -1.94. The zero-order chi connectivity index (χ0) is 20.1. The molecule has 0 radical (unpaired) electrons. The van der Waals surface area contributed by atoms with Crippen molar-refractivity contribution >= 4 is 11.9 Å². The van der Waals surface area contributed by atoms with Crippen molar-refractivity contribution in [2.24, 2.45) is 0 Å². The zero-order valence-corrected chi connectivity index (χ0v) is 15.8. The van der Waals surface area contributed by atoms with Gasteiger partial charge in [0.05, 0.1) is 18.7 Å². The van der Waals surface area contributed by atoms with Gasteiger partial charge in [-0.15, -0.1) is 0 Å². The summed E-state index contributed by atoms with van der Waals surface area (Å²) >= 11 is 0. The van der Waals surface area contributed by atoms with Gasteiger partial charge in [0.2, 0.25) is 5.91 Å². The van der Waals surface area contributed by atoms with Gasteiger partial charge in [0.25, 0.3) is 0 Å². The molecule has 1 aromatic carbocycles. The number of methoxy groups -OCH3 is 1. The summed E-state index contributed by atoms with van der Waals surface area (Å²) in [5.41, 5.74) is 1.07. The number of halogens is 2. The van der Waals surface area contributed by atoms with E-state index in [2.05, 4.69) is 9.72 Å². The average Bonchev–Trinajstić information content (AvgIpc) is 2.65. The number of carbonyl (C=O) groups is 2. The van der Waals surface area contributed by atoms with Crippen LogP contribution in [0.25, 0.3) is 0 Å². The number of pyridine rings is 1. The van der Waals surface area contributed by atoms with Crippen molar-refractivity contribution in [2.75, 3.05) is 14.2 Å². The molecule has 0 saturated heterocycles. The molecule has 0 aliphatic rings. The third kappa shape index (κ3) is 4.67. The van der Waals surface area contributed by atoms with Gasteiger partial charge in [0.1, 0.15) is 11.6 Å². The van der Waals surface area contributed by atoms with E-state index in [1.165, 1.54) is 37.4 Å². The SMILES string of the molecule is CCC(c1cc(F)c(Cc2cncc(C(=O)OC)c2)cc1F)N(C)C(C)=O. The van der Waals surface area contributed by atoms with E-state index in [-0.39, 0.29) is 29.0 Å². The van der Waals surface area contributed by atoms with Gasteiger partial charge in [-0.25, -0.2) is 13.6 Å². The van der Waals surface area contributed by atoms with Crippen LogP contribution in [0.1, 0.15) is 53.4 Å². The fraction of sp³-hybridized carbons (Fsp3) is 0.350. The van der Waals surface area contributed by atoms with Crippen molar-refractivity contribution in [2.45, 2.75) is 32.7 Å². The van der Waals surface area contributed by atoms with E-state index in [0.717, 1.165) is 12.1 Å². The molecule has 1 atom stereocenters. The van der Waals surface area contributed by atoms with Gasteiger partial charge in [0, 0.05) is 38.3 Å². The number of nitrogens with zero attached hydrogens (tertiary/aromatic N) is 2. The van der Waals surface area contributed by atoms with Crippen molar-refractivity contribution in [1.82, 2.24) is 9.88 Å². The number of hydrogen-bond donors (Lipinski definition) is 0. The van der Waals surface area contributed by atoms with E-state index in [9.17, 15) is 18.4 Å². The molecule has 27 heavy (non-hydrogen) atoms. The molecule has 1 unspecified atom stereocenters. The lowest BCUT2D eigenvalue weighted by molar-refractivity contribution is -0.129. The Morgan fingerprint density at radius 3 is 2.48 bits per heavy atom. The number of amides is 1. The number of ether oxygens (including phenoxy) is 1. The zero-order valence-electron chi connectivity index (χ0n) is 15.8. The minimum Gasteiger partial charge on any atom is -0.465 e. The van der Waals surface area contributed by atoms with Crippen molar-refractivity contribution in [3.8, 4) is 0 Å². The predicted molar refractivity (Wildman–Crippen MR) is 96.2 cm³/mol. The summed E-state index contributed by atoms with van der Waals surface area (Å²) in [6.45, 7) is 3.19. The van der Waals surface area contributed by atoms with Crippen molar-refractivity contribution < 1.29 is 23.1 Å². The van der Waals surface area contributed by atoms with Gasteiger partial charge in [-0.2, -0.15) is 0 Å². The minimum absolute atomic E-state index is 0.0696. The molecule has 5 nitrogen and oxygen atoms in total. The highest BCUT2D eigenvalue weighted by Crippen LogP contribution is 2.28. The highest BCUT2D eigenvalue weighted by molar-refractivity contribution is 5.89. The summed E-state index contributed by atoms with van der Waals surface area (Å²) in [4.78, 5) is 28.5. The Morgan fingerprint density at radius 1 is 1.19 bits per heavy atom. The van der Waals surface area contributed by atoms with E-state index in [1.807, 2.05) is 0 Å². The Kier molecular flexibility index (Phi) is 6.60. The normalized spacial score (nSPS) is 11.8. The van der Waals surface area contributed by atoms with Gasteiger partial charge in [-0.3, -0.25) is 9.78 Å². The first-order valence-corrected chi connectivity index (χ1v) is 8.51. The van der Waals surface area contributed by atoms with Crippen molar-refractivity contribution in [3.05, 3.63) is 64.5 Å². The van der Waals surface area contributed by atoms with E-state index in [4.69, 9.17) is 0 Å². The largest absolute Gasteiger partial charge is 0.465 e. The topological polar surface area (TPSA) is 59.5 Å². The molecule has 0 saturated carbocycles. The fourth-order valence-corrected chi connectivity index (χ4v) is 2.95. The third-order valence-corrected chi connectivity index (χ3v) is 4.49. The Morgan fingerprint density at radius 2 is 1.89 bits per heavy atom. The third-order valence-electron chi connectivity index (χ3n) is 4.49. The van der Waals surface area contributed by atoms with Gasteiger partial charge in [-0.05, 0) is 35.7 Å². The number of hydrogen-bond acceptors (Lipinski definition) is 4. The number of rotatable bonds is 6. The van der Waals surface area contributed by atoms with E-state index < -0.39 is 23.6 Å². The van der Waals surface area contributed by atoms with Gasteiger partial charge >= 0.3 is 5.97 Å². The lowest BCUT2D eigenvalue weighted by atomic mass is 9.97. The number of esters is 1. The first kappa shape index (κ1) is 20.5. The highest BCUT2D eigenvalue weighted by Gasteiger charge is 2.23. The molecule has 0 spiro atoms. The van der Waals surface area contributed by atoms with Crippen LogP contribution < -0.4 is 0 Å². The molecular formula is C20H22F2N2O3. The monoisotopic (exact) mass is 376 g/mol. The fourth-order valence-electron chi connectivity index (χ4n) is 2.95. The maximum absolute atomic E-state index is 14.7. The minimum atomic E-state index is -0.580. The summed E-state index contributed by atoms with van der Waals surface area (Å²) in [7, 11) is 2.82. The van der Waals surface area contributed by atoms with E-state index in [0.29, 0.717) is 12.0 Å². The highest BCUT2D eigenvalue weighted by atomic mass is 19.1. The van der Waals surface area contributed by atoms with Crippen LogP contribution in [-0.2, 0) is 16.0 Å². The standard InChI is InChI=1S/C20H22F2N2O3/c1-5-19(24(3)12(2)25)16-9-17(21)14(8-18(16)22)6-13-7-15(11-23-10-13)20(26)27-4/h7-11,19H,5-6H2,1-4H3. The lowest BCUT2D eigenvalue weighted by Crippen LogP contribution is -2.29. The van der Waals surface area contributed by atoms with Gasteiger partial charge < -0.3 is 9.64 Å². The molecule has 1 aromatic heterocycles. The van der Waals surface area contributed by atoms with Crippen molar-refractivity contribution in [1.29, 1.82) is 0 Å². The molecule has 2 aromatic rings. The van der Waals surface area contributed by atoms with E-state index in [1.54, 1.807) is 14.0 Å². The molecule has 1 heterocycles. The molecule has 1 amide bonds. The summed E-state index contributed by atoms with van der Waals surface area (Å²) in [6, 6.07) is 3.25.